The summed E-state index contributed by atoms with van der Waals surface area (Å²) < 4.78 is 5.45. The van der Waals surface area contributed by atoms with Gasteiger partial charge in [-0.2, -0.15) is 0 Å². The highest BCUT2D eigenvalue weighted by Gasteiger charge is 2.48. The minimum absolute atomic E-state index is 0.153. The number of ether oxygens (including phenoxy) is 1. The van der Waals surface area contributed by atoms with Crippen LogP contribution in [0.4, 0.5) is 4.79 Å². The minimum Gasteiger partial charge on any atom is -0.444 e. The summed E-state index contributed by atoms with van der Waals surface area (Å²) in [5, 5.41) is 0. The van der Waals surface area contributed by atoms with Crippen molar-refractivity contribution in [3.63, 3.8) is 0 Å². The molecular weight excluding hydrogens is 238 g/mol. The van der Waals surface area contributed by atoms with Gasteiger partial charge in [-0.05, 0) is 51.9 Å². The Bertz CT molecular complexity index is 300. The van der Waals surface area contributed by atoms with Gasteiger partial charge in [0.1, 0.15) is 5.60 Å². The zero-order chi connectivity index (χ0) is 12.6. The van der Waals surface area contributed by atoms with Crippen molar-refractivity contribution in [2.75, 3.05) is 12.4 Å². The molecule has 0 aromatic rings. The maximum atomic E-state index is 12.1. The molecule has 0 radical (unpaired) electrons. The van der Waals surface area contributed by atoms with E-state index >= 15 is 0 Å². The molecule has 1 aliphatic carbocycles. The van der Waals surface area contributed by atoms with E-state index in [9.17, 15) is 4.79 Å². The van der Waals surface area contributed by atoms with Gasteiger partial charge in [-0.25, -0.2) is 4.79 Å². The summed E-state index contributed by atoms with van der Waals surface area (Å²) in [6, 6.07) is 0.369. The monoisotopic (exact) mass is 259 g/mol. The predicted octanol–water partition coefficient (Wildman–Crippen LogP) is 3.26. The highest BCUT2D eigenvalue weighted by Crippen LogP contribution is 2.47. The molecule has 1 aliphatic heterocycles. The van der Waals surface area contributed by atoms with Crippen LogP contribution in [0, 0.1) is 11.8 Å². The Hall–Kier alpha value is -0.440. The largest absolute Gasteiger partial charge is 0.444 e. The molecule has 1 saturated heterocycles. The Morgan fingerprint density at radius 2 is 2.18 bits per heavy atom. The fraction of sp³-hybridized carbons (Fsp3) is 0.923. The number of carbonyl (C=O) groups is 1. The van der Waals surface area contributed by atoms with E-state index in [2.05, 4.69) is 0 Å². The van der Waals surface area contributed by atoms with Crippen LogP contribution in [0.3, 0.4) is 0 Å². The van der Waals surface area contributed by atoms with Gasteiger partial charge in [0, 0.05) is 18.5 Å². The topological polar surface area (TPSA) is 29.5 Å². The Morgan fingerprint density at radius 1 is 1.47 bits per heavy atom. The second-order valence-corrected chi connectivity index (χ2v) is 6.51. The van der Waals surface area contributed by atoms with Crippen molar-refractivity contribution in [2.45, 2.75) is 51.7 Å². The molecular formula is C13H22ClNO2. The van der Waals surface area contributed by atoms with E-state index < -0.39 is 5.60 Å². The first-order chi connectivity index (χ1) is 7.92. The molecule has 0 bridgehead atoms. The van der Waals surface area contributed by atoms with Crippen LogP contribution in [0.25, 0.3) is 0 Å². The maximum Gasteiger partial charge on any atom is 0.410 e. The van der Waals surface area contributed by atoms with Gasteiger partial charge >= 0.3 is 6.09 Å². The summed E-state index contributed by atoms with van der Waals surface area (Å²) in [6.45, 7) is 6.57. The number of rotatable bonds is 2. The molecule has 2 rings (SSSR count). The number of likely N-dealkylation sites (tertiary alicyclic amines) is 1. The predicted molar refractivity (Wildman–Crippen MR) is 68.3 cm³/mol. The van der Waals surface area contributed by atoms with Gasteiger partial charge < -0.3 is 9.64 Å². The Morgan fingerprint density at radius 3 is 2.71 bits per heavy atom. The van der Waals surface area contributed by atoms with Crippen LogP contribution in [0.1, 0.15) is 40.0 Å². The summed E-state index contributed by atoms with van der Waals surface area (Å²) >= 11 is 5.87. The number of amides is 1. The third kappa shape index (κ3) is 3.06. The summed E-state index contributed by atoms with van der Waals surface area (Å²) in [5.74, 6) is 1.95. The smallest absolute Gasteiger partial charge is 0.410 e. The van der Waals surface area contributed by atoms with E-state index in [0.29, 0.717) is 17.9 Å². The summed E-state index contributed by atoms with van der Waals surface area (Å²) in [6.07, 6.45) is 3.22. The Labute approximate surface area is 108 Å². The first kappa shape index (κ1) is 13.0. The van der Waals surface area contributed by atoms with E-state index in [1.807, 2.05) is 25.7 Å². The third-order valence-corrected chi connectivity index (χ3v) is 3.99. The number of hydrogen-bond donors (Lipinski definition) is 0. The average Bonchev–Trinajstić information content (AvgIpc) is 2.83. The quantitative estimate of drug-likeness (QED) is 0.713. The Balaban J connectivity index is 1.93. The molecule has 3 unspecified atom stereocenters. The number of carbonyl (C=O) groups excluding carboxylic acids is 1. The van der Waals surface area contributed by atoms with Crippen molar-refractivity contribution in [3.8, 4) is 0 Å². The minimum atomic E-state index is -0.403. The number of nitrogens with zero attached hydrogens (tertiary/aromatic N) is 1. The lowest BCUT2D eigenvalue weighted by Gasteiger charge is -2.28. The molecule has 17 heavy (non-hydrogen) atoms. The molecule has 1 saturated carbocycles. The van der Waals surface area contributed by atoms with E-state index in [4.69, 9.17) is 16.3 Å². The van der Waals surface area contributed by atoms with E-state index in [1.165, 1.54) is 6.42 Å². The van der Waals surface area contributed by atoms with Gasteiger partial charge in [-0.3, -0.25) is 0 Å². The van der Waals surface area contributed by atoms with Crippen LogP contribution in [0.5, 0.6) is 0 Å². The molecule has 0 N–H and O–H groups in total. The third-order valence-electron chi connectivity index (χ3n) is 3.60. The van der Waals surface area contributed by atoms with Crippen molar-refractivity contribution in [2.24, 2.45) is 11.8 Å². The first-order valence-electron chi connectivity index (χ1n) is 6.48. The van der Waals surface area contributed by atoms with Gasteiger partial charge in [0.2, 0.25) is 0 Å². The normalized spacial score (nSPS) is 32.7. The van der Waals surface area contributed by atoms with Gasteiger partial charge in [-0.15, -0.1) is 11.6 Å². The lowest BCUT2D eigenvalue weighted by atomic mass is 10.1. The van der Waals surface area contributed by atoms with Crippen LogP contribution in [0.15, 0.2) is 0 Å². The zero-order valence-corrected chi connectivity index (χ0v) is 11.7. The van der Waals surface area contributed by atoms with Crippen molar-refractivity contribution in [3.05, 3.63) is 0 Å². The molecule has 2 aliphatic rings. The molecule has 3 nitrogen and oxygen atoms in total. The van der Waals surface area contributed by atoms with Crippen molar-refractivity contribution in [1.82, 2.24) is 4.90 Å². The highest BCUT2D eigenvalue weighted by molar-refractivity contribution is 6.18. The highest BCUT2D eigenvalue weighted by atomic mass is 35.5. The van der Waals surface area contributed by atoms with E-state index in [0.717, 1.165) is 25.3 Å². The number of alkyl halides is 1. The first-order valence-corrected chi connectivity index (χ1v) is 7.01. The average molecular weight is 260 g/mol. The number of hydrogen-bond acceptors (Lipinski definition) is 2. The molecule has 1 heterocycles. The van der Waals surface area contributed by atoms with E-state index in [-0.39, 0.29) is 6.09 Å². The lowest BCUT2D eigenvalue weighted by Crippen LogP contribution is -2.41. The van der Waals surface area contributed by atoms with Crippen molar-refractivity contribution < 1.29 is 9.53 Å². The maximum absolute atomic E-state index is 12.1. The standard InChI is InChI=1S/C13H22ClNO2/c1-13(2,3)17-12(16)15-6-4-5-11(15)10-7-9(10)8-14/h9-11H,4-8H2,1-3H3. The van der Waals surface area contributed by atoms with Crippen molar-refractivity contribution >= 4 is 17.7 Å². The molecule has 1 amide bonds. The molecule has 2 fully saturated rings. The number of halogens is 1. The lowest BCUT2D eigenvalue weighted by molar-refractivity contribution is 0.0206. The molecule has 3 atom stereocenters. The SMILES string of the molecule is CC(C)(C)OC(=O)N1CCCC1C1CC1CCl. The van der Waals surface area contributed by atoms with Gasteiger partial charge in [0.15, 0.2) is 0 Å². The molecule has 98 valence electrons. The fourth-order valence-electron chi connectivity index (χ4n) is 2.70. The van der Waals surface area contributed by atoms with Crippen LogP contribution in [0.2, 0.25) is 0 Å². The van der Waals surface area contributed by atoms with E-state index in [1.54, 1.807) is 0 Å². The Kier molecular flexibility index (Phi) is 3.58. The summed E-state index contributed by atoms with van der Waals surface area (Å²) in [5.41, 5.74) is -0.403. The van der Waals surface area contributed by atoms with Crippen molar-refractivity contribution in [1.29, 1.82) is 0 Å². The molecule has 0 spiro atoms. The zero-order valence-electron chi connectivity index (χ0n) is 10.9. The molecule has 4 heteroatoms. The molecule has 0 aromatic carbocycles. The second kappa shape index (κ2) is 4.68. The fourth-order valence-corrected chi connectivity index (χ4v) is 3.06. The van der Waals surface area contributed by atoms with Crippen LogP contribution in [-0.2, 0) is 4.74 Å². The van der Waals surface area contributed by atoms with Crippen LogP contribution in [-0.4, -0.2) is 35.1 Å². The van der Waals surface area contributed by atoms with Crippen LogP contribution >= 0.6 is 11.6 Å². The molecule has 0 aromatic heterocycles. The van der Waals surface area contributed by atoms with Gasteiger partial charge in [0.05, 0.1) is 0 Å². The summed E-state index contributed by atoms with van der Waals surface area (Å²) in [7, 11) is 0. The van der Waals surface area contributed by atoms with Gasteiger partial charge in [-0.1, -0.05) is 0 Å². The van der Waals surface area contributed by atoms with Crippen LogP contribution < -0.4 is 0 Å². The van der Waals surface area contributed by atoms with Gasteiger partial charge in [0.25, 0.3) is 0 Å². The summed E-state index contributed by atoms with van der Waals surface area (Å²) in [4.78, 5) is 14.0. The second-order valence-electron chi connectivity index (χ2n) is 6.20.